The predicted molar refractivity (Wildman–Crippen MR) is 400 cm³/mol. The van der Waals surface area contributed by atoms with E-state index in [-0.39, 0.29) is 0 Å². The van der Waals surface area contributed by atoms with Crippen molar-refractivity contribution in [2.75, 3.05) is 0 Å². The van der Waals surface area contributed by atoms with Gasteiger partial charge in [-0.25, -0.2) is 0 Å². The normalized spacial score (nSPS) is 11.5. The molecule has 0 aliphatic carbocycles. The number of rotatable bonds is 50. The van der Waals surface area contributed by atoms with Crippen LogP contribution in [0.1, 0.15) is 334 Å². The van der Waals surface area contributed by atoms with Crippen LogP contribution in [0, 0.1) is 13.8 Å². The number of phenols is 2. The average molecular weight is 1240 g/mol. The highest BCUT2D eigenvalue weighted by Crippen LogP contribution is 2.38. The van der Waals surface area contributed by atoms with Gasteiger partial charge in [0.15, 0.2) is 0 Å². The summed E-state index contributed by atoms with van der Waals surface area (Å²) in [5.74, 6) is 0.872. The van der Waals surface area contributed by atoms with Crippen LogP contribution in [-0.2, 0) is 51.4 Å². The molecule has 0 saturated heterocycles. The molecule has 7 aromatic carbocycles. The van der Waals surface area contributed by atoms with E-state index in [0.717, 1.165) is 47.9 Å². The van der Waals surface area contributed by atoms with Gasteiger partial charge in [0.05, 0.1) is 0 Å². The zero-order chi connectivity index (χ0) is 64.5. The smallest absolute Gasteiger partial charge is 0.122 e. The number of benzene rings is 7. The zero-order valence-corrected chi connectivity index (χ0v) is 58.9. The second kappa shape index (κ2) is 44.7. The molecule has 0 aromatic heterocycles. The van der Waals surface area contributed by atoms with E-state index >= 15 is 0 Å². The Balaban J connectivity index is 1.13. The van der Waals surface area contributed by atoms with Crippen LogP contribution in [0.4, 0.5) is 0 Å². The van der Waals surface area contributed by atoms with Gasteiger partial charge in [0.1, 0.15) is 11.5 Å². The molecule has 0 atom stereocenters. The van der Waals surface area contributed by atoms with Gasteiger partial charge < -0.3 is 10.2 Å². The topological polar surface area (TPSA) is 40.5 Å². The summed E-state index contributed by atoms with van der Waals surface area (Å²) < 4.78 is 0. The summed E-state index contributed by atoms with van der Waals surface area (Å²) in [6, 6.07) is 52.3. The van der Waals surface area contributed by atoms with Crippen LogP contribution in [0.2, 0.25) is 0 Å². The number of aromatic hydroxyl groups is 2. The molecule has 498 valence electrons. The summed E-state index contributed by atoms with van der Waals surface area (Å²) in [5.41, 5.74) is 20.6. The molecule has 92 heavy (non-hydrogen) atoms. The third-order valence-corrected chi connectivity index (χ3v) is 20.5. The Morgan fingerprint density at radius 3 is 0.620 bits per heavy atom. The van der Waals surface area contributed by atoms with Crippen molar-refractivity contribution in [2.24, 2.45) is 0 Å². The molecule has 2 nitrogen and oxygen atoms in total. The Kier molecular flexibility index (Phi) is 35.7. The lowest BCUT2D eigenvalue weighted by molar-refractivity contribution is 0.463. The highest BCUT2D eigenvalue weighted by Gasteiger charge is 2.23. The molecule has 2 N–H and O–H groups in total. The maximum atomic E-state index is 12.2. The highest BCUT2D eigenvalue weighted by molar-refractivity contribution is 5.57. The molecule has 0 spiro atoms. The molecular formula is C90H126O2. The Morgan fingerprint density at radius 2 is 0.413 bits per heavy atom. The van der Waals surface area contributed by atoms with E-state index in [9.17, 15) is 10.2 Å². The largest absolute Gasteiger partial charge is 0.507 e. The van der Waals surface area contributed by atoms with Crippen molar-refractivity contribution >= 4 is 0 Å². The van der Waals surface area contributed by atoms with E-state index in [1.807, 2.05) is 0 Å². The third kappa shape index (κ3) is 27.2. The minimum Gasteiger partial charge on any atom is -0.507 e. The van der Waals surface area contributed by atoms with Crippen LogP contribution in [0.25, 0.3) is 0 Å². The maximum absolute atomic E-state index is 12.2. The van der Waals surface area contributed by atoms with Crippen LogP contribution in [0.3, 0.4) is 0 Å². The van der Waals surface area contributed by atoms with Crippen molar-refractivity contribution < 1.29 is 10.2 Å². The minimum atomic E-state index is 0.436. The van der Waals surface area contributed by atoms with Crippen molar-refractivity contribution in [1.82, 2.24) is 0 Å². The van der Waals surface area contributed by atoms with Crippen molar-refractivity contribution in [3.63, 3.8) is 0 Å². The van der Waals surface area contributed by atoms with Crippen LogP contribution < -0.4 is 0 Å². The predicted octanol–water partition coefficient (Wildman–Crippen LogP) is 26.4. The monoisotopic (exact) mass is 1240 g/mol. The average Bonchev–Trinajstić information content (AvgIpc) is 0.800. The lowest BCUT2D eigenvalue weighted by Crippen LogP contribution is -2.12. The molecule has 0 amide bonds. The van der Waals surface area contributed by atoms with Gasteiger partial charge in [-0.2, -0.15) is 0 Å². The summed E-state index contributed by atoms with van der Waals surface area (Å²) in [6.07, 6.45) is 56.3. The van der Waals surface area contributed by atoms with E-state index < -0.39 is 0 Å². The SMILES string of the molecule is CCCCCCCCCCCCCCCCCCCCc1c(C)c(Cc2cc(Cc3ccccc3)c(O)c(Cc3ccccc3)c2)c(CCCCCCCCCCCCCCCCCCCC)c(C)c1Cc1cc(Cc2ccccc2)c(O)c(Cc2ccccc2)c1. The summed E-state index contributed by atoms with van der Waals surface area (Å²) in [4.78, 5) is 0. The maximum Gasteiger partial charge on any atom is 0.122 e. The molecule has 0 aliphatic rings. The van der Waals surface area contributed by atoms with Crippen molar-refractivity contribution in [2.45, 2.75) is 310 Å². The standard InChI is InChI=1S/C90H126O2/c1-5-7-9-11-13-15-17-19-21-23-25-27-29-31-33-35-37-51-61-85-73(3)88(72-80-69-83(65-77-57-47-41-48-58-77)90(92)84(70-80)66-78-59-49-42-50-60-78)86(62-52-38-36-34-32-30-28-26-24-22-20-18-16-14-12-10-8-6-2)74(4)87(85)71-79-67-81(63-75-53-43-39-44-54-75)89(91)82(68-79)64-76-55-45-40-46-56-76/h39-50,53-60,67-70,91-92H,5-38,51-52,61-66,71-72H2,1-4H3. The van der Waals surface area contributed by atoms with E-state index in [1.165, 1.54) is 287 Å². The van der Waals surface area contributed by atoms with Gasteiger partial charge >= 0.3 is 0 Å². The number of unbranched alkanes of at least 4 members (excludes halogenated alkanes) is 34. The number of phenolic OH excluding ortho intramolecular Hbond substituents is 2. The molecule has 0 unspecified atom stereocenters. The lowest BCUT2D eigenvalue weighted by atomic mass is 9.79. The summed E-state index contributed by atoms with van der Waals surface area (Å²) >= 11 is 0. The quantitative estimate of drug-likeness (QED) is 0.0373. The molecule has 0 heterocycles. The first-order chi connectivity index (χ1) is 45.3. The fraction of sp³-hybridized carbons (Fsp3) is 0.533. The Morgan fingerprint density at radius 1 is 0.217 bits per heavy atom. The third-order valence-electron chi connectivity index (χ3n) is 20.5. The second-order valence-electron chi connectivity index (χ2n) is 28.2. The minimum absolute atomic E-state index is 0.436. The molecule has 0 aliphatic heterocycles. The van der Waals surface area contributed by atoms with Crippen molar-refractivity contribution in [1.29, 1.82) is 0 Å². The fourth-order valence-electron chi connectivity index (χ4n) is 14.9. The Bertz CT molecular complexity index is 2710. The van der Waals surface area contributed by atoms with Gasteiger partial charge in [-0.1, -0.05) is 378 Å². The van der Waals surface area contributed by atoms with E-state index in [1.54, 1.807) is 11.1 Å². The second-order valence-corrected chi connectivity index (χ2v) is 28.2. The van der Waals surface area contributed by atoms with Crippen LogP contribution in [0.15, 0.2) is 146 Å². The first kappa shape index (κ1) is 73.5. The van der Waals surface area contributed by atoms with Crippen LogP contribution in [-0.4, -0.2) is 10.2 Å². The number of hydrogen-bond donors (Lipinski definition) is 2. The van der Waals surface area contributed by atoms with Gasteiger partial charge in [-0.3, -0.25) is 0 Å². The molecule has 0 saturated carbocycles. The van der Waals surface area contributed by atoms with Gasteiger partial charge in [-0.15, -0.1) is 0 Å². The summed E-state index contributed by atoms with van der Waals surface area (Å²) in [5, 5.41) is 24.4. The van der Waals surface area contributed by atoms with Gasteiger partial charge in [-0.05, 0) is 141 Å². The molecule has 0 radical (unpaired) electrons. The lowest BCUT2D eigenvalue weighted by Gasteiger charge is -2.26. The van der Waals surface area contributed by atoms with Crippen molar-refractivity contribution in [3.8, 4) is 11.5 Å². The number of hydrogen-bond acceptors (Lipinski definition) is 2. The molecule has 2 heteroatoms. The molecular weight excluding hydrogens is 1110 g/mol. The molecule has 7 aromatic rings. The first-order valence-electron chi connectivity index (χ1n) is 38.3. The Labute approximate surface area is 563 Å². The van der Waals surface area contributed by atoms with Gasteiger partial charge in [0.2, 0.25) is 0 Å². The Hall–Kier alpha value is -5.86. The summed E-state index contributed by atoms with van der Waals surface area (Å²) in [6.45, 7) is 9.59. The first-order valence-corrected chi connectivity index (χ1v) is 38.3. The van der Waals surface area contributed by atoms with E-state index in [2.05, 4.69) is 173 Å². The molecule has 0 fully saturated rings. The van der Waals surface area contributed by atoms with E-state index in [4.69, 9.17) is 0 Å². The zero-order valence-electron chi connectivity index (χ0n) is 58.9. The van der Waals surface area contributed by atoms with Gasteiger partial charge in [0, 0.05) is 25.7 Å². The summed E-state index contributed by atoms with van der Waals surface area (Å²) in [7, 11) is 0. The molecule has 7 rings (SSSR count). The van der Waals surface area contributed by atoms with Crippen LogP contribution in [0.5, 0.6) is 11.5 Å². The highest BCUT2D eigenvalue weighted by atomic mass is 16.3. The van der Waals surface area contributed by atoms with Crippen molar-refractivity contribution in [3.05, 3.63) is 235 Å². The fourth-order valence-corrected chi connectivity index (χ4v) is 14.9. The molecule has 0 bridgehead atoms. The van der Waals surface area contributed by atoms with E-state index in [0.29, 0.717) is 37.2 Å². The van der Waals surface area contributed by atoms with Crippen LogP contribution >= 0.6 is 0 Å². The van der Waals surface area contributed by atoms with Gasteiger partial charge in [0.25, 0.3) is 0 Å².